The van der Waals surface area contributed by atoms with Crippen molar-refractivity contribution in [3.05, 3.63) is 63.6 Å². The number of allylic oxidation sites excluding steroid dienone is 1. The van der Waals surface area contributed by atoms with Gasteiger partial charge in [-0.2, -0.15) is 0 Å². The topological polar surface area (TPSA) is 79.6 Å². The summed E-state index contributed by atoms with van der Waals surface area (Å²) in [5.74, 6) is -1.22. The third kappa shape index (κ3) is 2.17. The molecule has 1 unspecified atom stereocenters. The van der Waals surface area contributed by atoms with E-state index in [1.807, 2.05) is 12.3 Å². The van der Waals surface area contributed by atoms with Crippen LogP contribution in [0.15, 0.2) is 46.9 Å². The van der Waals surface area contributed by atoms with E-state index in [-0.39, 0.29) is 11.3 Å². The molecular weight excluding hydrogens is 300 g/mol. The Morgan fingerprint density at radius 3 is 2.59 bits per heavy atom. The first-order valence-corrected chi connectivity index (χ1v) is 7.44. The lowest BCUT2D eigenvalue weighted by Gasteiger charge is -2.22. The second-order valence-electron chi connectivity index (χ2n) is 4.86. The molecule has 0 fully saturated rings. The highest BCUT2D eigenvalue weighted by Crippen LogP contribution is 2.34. The number of aromatic carboxylic acids is 1. The maximum Gasteiger partial charge on any atom is 0.337 e. The van der Waals surface area contributed by atoms with Gasteiger partial charge in [0.15, 0.2) is 5.54 Å². The predicted octanol–water partition coefficient (Wildman–Crippen LogP) is 2.87. The maximum absolute atomic E-state index is 13.0. The number of thiophene rings is 1. The number of carbonyl (C=O) groups excluding carboxylic acids is 1. The number of nitrogens with zero attached hydrogens (tertiary/aromatic N) is 2. The van der Waals surface area contributed by atoms with E-state index in [1.165, 1.54) is 29.7 Å². The molecule has 0 radical (unpaired) electrons. The van der Waals surface area contributed by atoms with Gasteiger partial charge < -0.3 is 5.11 Å². The van der Waals surface area contributed by atoms with Crippen molar-refractivity contribution in [3.63, 3.8) is 0 Å². The van der Waals surface area contributed by atoms with E-state index >= 15 is 0 Å². The van der Waals surface area contributed by atoms with E-state index in [1.54, 1.807) is 24.4 Å². The molecule has 1 N–H and O–H groups in total. The summed E-state index contributed by atoms with van der Waals surface area (Å²) in [6, 6.07) is 4.75. The zero-order valence-corrected chi connectivity index (χ0v) is 12.5. The van der Waals surface area contributed by atoms with Crippen LogP contribution < -0.4 is 0 Å². The van der Waals surface area contributed by atoms with Crippen LogP contribution in [0.5, 0.6) is 0 Å². The molecule has 3 heterocycles. The highest BCUT2D eigenvalue weighted by molar-refractivity contribution is 7.10. The molecule has 2 aromatic rings. The number of aryl methyl sites for hydroxylation is 1. The lowest BCUT2D eigenvalue weighted by molar-refractivity contribution is 0.0696. The quantitative estimate of drug-likeness (QED) is 0.880. The Morgan fingerprint density at radius 2 is 2.09 bits per heavy atom. The molecule has 1 atom stereocenters. The number of aromatic nitrogens is 1. The highest BCUT2D eigenvalue weighted by Gasteiger charge is 2.41. The van der Waals surface area contributed by atoms with Gasteiger partial charge in [0.2, 0.25) is 5.78 Å². The maximum atomic E-state index is 13.0. The minimum absolute atomic E-state index is 0.0732. The zero-order chi connectivity index (χ0) is 15.7. The van der Waals surface area contributed by atoms with Gasteiger partial charge in [-0.1, -0.05) is 0 Å². The molecule has 6 heteroatoms. The number of hydrogen-bond donors (Lipinski definition) is 1. The first kappa shape index (κ1) is 14.3. The lowest BCUT2D eigenvalue weighted by Crippen LogP contribution is -2.32. The predicted molar refractivity (Wildman–Crippen MR) is 83.9 cm³/mol. The normalized spacial score (nSPS) is 19.5. The van der Waals surface area contributed by atoms with Crippen LogP contribution in [0.25, 0.3) is 0 Å². The van der Waals surface area contributed by atoms with E-state index < -0.39 is 11.5 Å². The molecule has 110 valence electrons. The van der Waals surface area contributed by atoms with Crippen LogP contribution >= 0.6 is 11.3 Å². The molecule has 0 amide bonds. The molecule has 1 aliphatic heterocycles. The molecule has 3 rings (SSSR count). The molecule has 0 aromatic carbocycles. The smallest absolute Gasteiger partial charge is 0.337 e. The van der Waals surface area contributed by atoms with Crippen molar-refractivity contribution in [1.29, 1.82) is 0 Å². The molecule has 0 bridgehead atoms. The van der Waals surface area contributed by atoms with Gasteiger partial charge in [-0.05, 0) is 42.7 Å². The number of hydrogen-bond acceptors (Lipinski definition) is 5. The van der Waals surface area contributed by atoms with Gasteiger partial charge in [-0.15, -0.1) is 11.3 Å². The van der Waals surface area contributed by atoms with Crippen molar-refractivity contribution in [2.24, 2.45) is 4.99 Å². The Labute approximate surface area is 130 Å². The van der Waals surface area contributed by atoms with E-state index in [4.69, 9.17) is 5.11 Å². The van der Waals surface area contributed by atoms with Crippen molar-refractivity contribution in [3.8, 4) is 0 Å². The van der Waals surface area contributed by atoms with Gasteiger partial charge in [-0.3, -0.25) is 14.8 Å². The fourth-order valence-electron chi connectivity index (χ4n) is 2.36. The Hall–Kier alpha value is -2.60. The van der Waals surface area contributed by atoms with Gasteiger partial charge >= 0.3 is 5.97 Å². The summed E-state index contributed by atoms with van der Waals surface area (Å²) in [7, 11) is 0. The SMILES string of the molecule is Cc1sccc1C(=O)C1(c2ccc(C(=O)O)cn2)C=CC=N1. The van der Waals surface area contributed by atoms with E-state index in [2.05, 4.69) is 9.98 Å². The standard InChI is InChI=1S/C16H12N2O3S/c1-10-12(5-8-22-10)14(19)16(6-2-7-18-16)13-4-3-11(9-17-13)15(20)21/h2-9H,1H3,(H,20,21). The second-order valence-corrected chi connectivity index (χ2v) is 5.98. The monoisotopic (exact) mass is 312 g/mol. The number of pyridine rings is 1. The number of rotatable bonds is 4. The Bertz CT molecular complexity index is 791. The van der Waals surface area contributed by atoms with Crippen molar-refractivity contribution < 1.29 is 14.7 Å². The van der Waals surface area contributed by atoms with E-state index in [0.717, 1.165) is 4.88 Å². The molecule has 0 spiro atoms. The largest absolute Gasteiger partial charge is 0.478 e. The summed E-state index contributed by atoms with van der Waals surface area (Å²) < 4.78 is 0. The zero-order valence-electron chi connectivity index (χ0n) is 11.7. The molecule has 1 aliphatic rings. The van der Waals surface area contributed by atoms with Crippen molar-refractivity contribution in [2.75, 3.05) is 0 Å². The molecule has 0 saturated carbocycles. The summed E-state index contributed by atoms with van der Waals surface area (Å²) in [5.41, 5.74) is -0.108. The first-order valence-electron chi connectivity index (χ1n) is 6.56. The Morgan fingerprint density at radius 1 is 1.27 bits per heavy atom. The number of carboxylic acids is 1. The van der Waals surface area contributed by atoms with Gasteiger partial charge in [-0.25, -0.2) is 4.79 Å². The summed E-state index contributed by atoms with van der Waals surface area (Å²) >= 11 is 1.50. The first-order chi connectivity index (χ1) is 10.5. The minimum Gasteiger partial charge on any atom is -0.478 e. The molecule has 22 heavy (non-hydrogen) atoms. The number of aliphatic imine (C=N–C) groups is 1. The average molecular weight is 312 g/mol. The van der Waals surface area contributed by atoms with Crippen LogP contribution in [0.1, 0.15) is 31.3 Å². The van der Waals surface area contributed by atoms with E-state index in [9.17, 15) is 9.59 Å². The number of Topliss-reactive ketones (excluding diaryl/α,β-unsaturated/α-hetero) is 1. The summed E-state index contributed by atoms with van der Waals surface area (Å²) in [6.45, 7) is 1.88. The van der Waals surface area contributed by atoms with Crippen LogP contribution in [0.3, 0.4) is 0 Å². The number of carbonyl (C=O) groups is 2. The highest BCUT2D eigenvalue weighted by atomic mass is 32.1. The van der Waals surface area contributed by atoms with Crippen molar-refractivity contribution in [2.45, 2.75) is 12.5 Å². The number of carboxylic acid groups (broad SMARTS) is 1. The van der Waals surface area contributed by atoms with Gasteiger partial charge in [0.05, 0.1) is 11.3 Å². The second kappa shape index (κ2) is 5.31. The van der Waals surface area contributed by atoms with Crippen LogP contribution in [-0.4, -0.2) is 28.1 Å². The third-order valence-electron chi connectivity index (χ3n) is 3.55. The van der Waals surface area contributed by atoms with Crippen LogP contribution in [0.2, 0.25) is 0 Å². The fourth-order valence-corrected chi connectivity index (χ4v) is 3.06. The van der Waals surface area contributed by atoms with Gasteiger partial charge in [0.25, 0.3) is 0 Å². The molecule has 0 saturated heterocycles. The number of ketones is 1. The van der Waals surface area contributed by atoms with Crippen LogP contribution in [0, 0.1) is 6.92 Å². The summed E-state index contributed by atoms with van der Waals surface area (Å²) in [5, 5.41) is 10.8. The Balaban J connectivity index is 2.08. The third-order valence-corrected chi connectivity index (χ3v) is 4.40. The van der Waals surface area contributed by atoms with Crippen molar-refractivity contribution in [1.82, 2.24) is 4.98 Å². The van der Waals surface area contributed by atoms with Gasteiger partial charge in [0.1, 0.15) is 0 Å². The van der Waals surface area contributed by atoms with Crippen LogP contribution in [-0.2, 0) is 5.54 Å². The molecule has 5 nitrogen and oxygen atoms in total. The molecule has 2 aromatic heterocycles. The van der Waals surface area contributed by atoms with Crippen molar-refractivity contribution >= 4 is 29.3 Å². The molecular formula is C16H12N2O3S. The minimum atomic E-state index is -1.21. The Kier molecular flexibility index (Phi) is 3.46. The summed E-state index contributed by atoms with van der Waals surface area (Å²) in [4.78, 5) is 33.3. The lowest BCUT2D eigenvalue weighted by atomic mass is 9.87. The van der Waals surface area contributed by atoms with Crippen LogP contribution in [0.4, 0.5) is 0 Å². The molecule has 0 aliphatic carbocycles. The average Bonchev–Trinajstić information content (AvgIpc) is 3.16. The fraction of sp³-hybridized carbons (Fsp3) is 0.125. The van der Waals surface area contributed by atoms with Gasteiger partial charge in [0, 0.05) is 22.9 Å². The summed E-state index contributed by atoms with van der Waals surface area (Å²) in [6.07, 6.45) is 6.20. The van der Waals surface area contributed by atoms with E-state index in [0.29, 0.717) is 11.3 Å².